The second kappa shape index (κ2) is 4.33. The lowest BCUT2D eigenvalue weighted by atomic mass is 10.9. The molecule has 9 heteroatoms. The first-order chi connectivity index (χ1) is 5.81. The van der Waals surface area contributed by atoms with Crippen molar-refractivity contribution in [2.24, 2.45) is 0 Å². The molecular formula is C4H10O7S2. The van der Waals surface area contributed by atoms with E-state index in [1.54, 1.807) is 0 Å². The summed E-state index contributed by atoms with van der Waals surface area (Å²) in [6.45, 7) is -1.12. The Morgan fingerprint density at radius 1 is 1.08 bits per heavy atom. The van der Waals surface area contributed by atoms with E-state index in [2.05, 4.69) is 8.37 Å². The lowest BCUT2D eigenvalue weighted by Crippen LogP contribution is -2.35. The first-order valence-corrected chi connectivity index (χ1v) is 5.96. The lowest BCUT2D eigenvalue weighted by Gasteiger charge is -2.11. The van der Waals surface area contributed by atoms with Gasteiger partial charge < -0.3 is 5.11 Å². The molecule has 1 N–H and O–H groups in total. The molecule has 0 heterocycles. The Hall–Kier alpha value is -0.220. The van der Waals surface area contributed by atoms with Crippen molar-refractivity contribution in [1.82, 2.24) is 0 Å². The molecule has 0 aliphatic carbocycles. The summed E-state index contributed by atoms with van der Waals surface area (Å²) in [5.74, 6) is 0. The highest BCUT2D eigenvalue weighted by atomic mass is 32.3. The Morgan fingerprint density at radius 2 is 1.38 bits per heavy atom. The zero-order valence-electron chi connectivity index (χ0n) is 7.00. The van der Waals surface area contributed by atoms with Gasteiger partial charge in [0.15, 0.2) is 0 Å². The second-order valence-electron chi connectivity index (χ2n) is 1.93. The minimum absolute atomic E-state index is 0.795. The summed E-state index contributed by atoms with van der Waals surface area (Å²) in [7, 11) is -7.10. The monoisotopic (exact) mass is 234 g/mol. The van der Waals surface area contributed by atoms with E-state index in [0.717, 1.165) is 14.2 Å². The van der Waals surface area contributed by atoms with Gasteiger partial charge in [0.05, 0.1) is 20.8 Å². The molecule has 0 aromatic carbocycles. The molecule has 0 rings (SSSR count). The maximum Gasteiger partial charge on any atom is 0.289 e. The van der Waals surface area contributed by atoms with Crippen molar-refractivity contribution in [3.8, 4) is 0 Å². The molecule has 0 radical (unpaired) electrons. The molecule has 0 saturated heterocycles. The van der Waals surface area contributed by atoms with Crippen LogP contribution in [0.4, 0.5) is 0 Å². The van der Waals surface area contributed by atoms with Crippen LogP contribution in [-0.4, -0.2) is 47.4 Å². The summed E-state index contributed by atoms with van der Waals surface area (Å²) >= 11 is 0. The maximum atomic E-state index is 10.9. The van der Waals surface area contributed by atoms with Gasteiger partial charge in [0, 0.05) is 0 Å². The average Bonchev–Trinajstić information content (AvgIpc) is 2.05. The molecule has 0 fully saturated rings. The van der Waals surface area contributed by atoms with E-state index >= 15 is 0 Å². The van der Waals surface area contributed by atoms with Crippen molar-refractivity contribution in [1.29, 1.82) is 0 Å². The third-order valence-corrected chi connectivity index (χ3v) is 5.19. The molecule has 0 atom stereocenters. The van der Waals surface area contributed by atoms with Gasteiger partial charge in [-0.2, -0.15) is 16.8 Å². The lowest BCUT2D eigenvalue weighted by molar-refractivity contribution is 0.288. The standard InChI is InChI=1S/C4H10O7S2/c1-10-12(6,7)4(3-5)13(8,9)11-2/h4-5H,3H2,1-2H3. The van der Waals surface area contributed by atoms with Crippen molar-refractivity contribution in [2.75, 3.05) is 20.8 Å². The van der Waals surface area contributed by atoms with Gasteiger partial charge in [0.2, 0.25) is 4.58 Å². The topological polar surface area (TPSA) is 107 Å². The van der Waals surface area contributed by atoms with Crippen LogP contribution in [0.15, 0.2) is 0 Å². The van der Waals surface area contributed by atoms with E-state index in [0.29, 0.717) is 0 Å². The molecule has 0 amide bonds. The number of aliphatic hydroxyl groups is 1. The molecule has 13 heavy (non-hydrogen) atoms. The molecule has 0 aromatic rings. The minimum atomic E-state index is -4.34. The van der Waals surface area contributed by atoms with Crippen molar-refractivity contribution in [3.63, 3.8) is 0 Å². The van der Waals surface area contributed by atoms with Crippen LogP contribution < -0.4 is 0 Å². The number of rotatable bonds is 5. The summed E-state index contributed by atoms with van der Waals surface area (Å²) < 4.78 is 49.3. The molecular weight excluding hydrogens is 224 g/mol. The fourth-order valence-electron chi connectivity index (χ4n) is 0.542. The van der Waals surface area contributed by atoms with E-state index in [1.807, 2.05) is 0 Å². The third-order valence-electron chi connectivity index (χ3n) is 1.26. The molecule has 0 spiro atoms. The van der Waals surface area contributed by atoms with Gasteiger partial charge >= 0.3 is 0 Å². The molecule has 0 bridgehead atoms. The van der Waals surface area contributed by atoms with Gasteiger partial charge in [-0.05, 0) is 0 Å². The molecule has 0 aliphatic rings. The van der Waals surface area contributed by atoms with E-state index in [-0.39, 0.29) is 0 Å². The van der Waals surface area contributed by atoms with Crippen LogP contribution in [0.1, 0.15) is 0 Å². The Morgan fingerprint density at radius 3 is 1.54 bits per heavy atom. The van der Waals surface area contributed by atoms with E-state index in [4.69, 9.17) is 5.11 Å². The average molecular weight is 234 g/mol. The van der Waals surface area contributed by atoms with Gasteiger partial charge in [-0.1, -0.05) is 0 Å². The van der Waals surface area contributed by atoms with Crippen molar-refractivity contribution < 1.29 is 30.3 Å². The fraction of sp³-hybridized carbons (Fsp3) is 1.00. The molecule has 0 unspecified atom stereocenters. The summed E-state index contributed by atoms with van der Waals surface area (Å²) in [6, 6.07) is 0. The highest BCUT2D eigenvalue weighted by Crippen LogP contribution is 2.11. The highest BCUT2D eigenvalue weighted by Gasteiger charge is 2.37. The van der Waals surface area contributed by atoms with Gasteiger partial charge in [-0.25, -0.2) is 0 Å². The Bertz CT molecular complexity index is 305. The second-order valence-corrected chi connectivity index (χ2v) is 6.01. The SMILES string of the molecule is COS(=O)(=O)C(CO)S(=O)(=O)OC. The Balaban J connectivity index is 5.18. The molecule has 0 saturated carbocycles. The first kappa shape index (κ1) is 12.8. The van der Waals surface area contributed by atoms with Gasteiger partial charge in [-0.15, -0.1) is 0 Å². The van der Waals surface area contributed by atoms with Crippen LogP contribution in [-0.2, 0) is 28.6 Å². The van der Waals surface area contributed by atoms with Crippen LogP contribution in [0.2, 0.25) is 0 Å². The first-order valence-electron chi connectivity index (χ1n) is 3.01. The third kappa shape index (κ3) is 2.88. The summed E-state index contributed by atoms with van der Waals surface area (Å²) in [6.07, 6.45) is 0. The fourth-order valence-corrected chi connectivity index (χ4v) is 2.96. The van der Waals surface area contributed by atoms with Crippen LogP contribution in [0.3, 0.4) is 0 Å². The van der Waals surface area contributed by atoms with E-state index < -0.39 is 31.4 Å². The zero-order valence-corrected chi connectivity index (χ0v) is 8.63. The largest absolute Gasteiger partial charge is 0.394 e. The van der Waals surface area contributed by atoms with Crippen LogP contribution >= 0.6 is 0 Å². The number of hydrogen-bond acceptors (Lipinski definition) is 7. The molecule has 0 aromatic heterocycles. The molecule has 80 valence electrons. The highest BCUT2D eigenvalue weighted by molar-refractivity contribution is 8.04. The maximum absolute atomic E-state index is 10.9. The zero-order chi connectivity index (χ0) is 10.7. The van der Waals surface area contributed by atoms with Gasteiger partial charge in [-0.3, -0.25) is 8.37 Å². The van der Waals surface area contributed by atoms with Crippen LogP contribution in [0, 0.1) is 0 Å². The predicted molar refractivity (Wildman–Crippen MR) is 42.7 cm³/mol. The van der Waals surface area contributed by atoms with Gasteiger partial charge in [0.25, 0.3) is 20.2 Å². The van der Waals surface area contributed by atoms with Gasteiger partial charge in [0.1, 0.15) is 0 Å². The molecule has 7 nitrogen and oxygen atoms in total. The van der Waals surface area contributed by atoms with Crippen LogP contribution in [0.25, 0.3) is 0 Å². The predicted octanol–water partition coefficient (Wildman–Crippen LogP) is -1.74. The van der Waals surface area contributed by atoms with E-state index in [9.17, 15) is 16.8 Å². The Kier molecular flexibility index (Phi) is 4.26. The Labute approximate surface area is 76.5 Å². The summed E-state index contributed by atoms with van der Waals surface area (Å²) in [5, 5.41) is 8.54. The van der Waals surface area contributed by atoms with Crippen LogP contribution in [0.5, 0.6) is 0 Å². The summed E-state index contributed by atoms with van der Waals surface area (Å²) in [5.41, 5.74) is 0. The van der Waals surface area contributed by atoms with Crippen molar-refractivity contribution in [3.05, 3.63) is 0 Å². The molecule has 0 aliphatic heterocycles. The van der Waals surface area contributed by atoms with E-state index in [1.165, 1.54) is 0 Å². The smallest absolute Gasteiger partial charge is 0.289 e. The number of hydrogen-bond donors (Lipinski definition) is 1. The van der Waals surface area contributed by atoms with Crippen molar-refractivity contribution in [2.45, 2.75) is 4.58 Å². The minimum Gasteiger partial charge on any atom is -0.394 e. The van der Waals surface area contributed by atoms with Crippen molar-refractivity contribution >= 4 is 20.2 Å². The quantitative estimate of drug-likeness (QED) is 0.562. The number of aliphatic hydroxyl groups excluding tert-OH is 1. The normalized spacial score (nSPS) is 13.5. The summed E-state index contributed by atoms with van der Waals surface area (Å²) in [4.78, 5) is 0.